The third-order valence-corrected chi connectivity index (χ3v) is 4.37. The lowest BCUT2D eigenvalue weighted by Crippen LogP contribution is -2.30. The first kappa shape index (κ1) is 16.0. The fourth-order valence-electron chi connectivity index (χ4n) is 2.86. The van der Waals surface area contributed by atoms with E-state index in [1.807, 2.05) is 35.9 Å². The molecule has 0 bridgehead atoms. The third-order valence-electron chi connectivity index (χ3n) is 4.14. The number of halogens is 1. The maximum Gasteiger partial charge on any atom is 0.274 e. The number of rotatable bonds is 4. The summed E-state index contributed by atoms with van der Waals surface area (Å²) >= 11 is 5.95. The van der Waals surface area contributed by atoms with Crippen molar-refractivity contribution >= 4 is 17.5 Å². The van der Waals surface area contributed by atoms with E-state index < -0.39 is 0 Å². The fourth-order valence-corrected chi connectivity index (χ4v) is 3.07. The molecule has 2 aromatic rings. The minimum absolute atomic E-state index is 0.206. The average Bonchev–Trinajstić information content (AvgIpc) is 2.95. The zero-order valence-electron chi connectivity index (χ0n) is 13.1. The van der Waals surface area contributed by atoms with Crippen LogP contribution in [0.3, 0.4) is 0 Å². The van der Waals surface area contributed by atoms with Gasteiger partial charge in [-0.05, 0) is 50.6 Å². The smallest absolute Gasteiger partial charge is 0.274 e. The van der Waals surface area contributed by atoms with E-state index in [4.69, 9.17) is 11.6 Å². The summed E-state index contributed by atoms with van der Waals surface area (Å²) in [4.78, 5) is 12.3. The fraction of sp³-hybridized carbons (Fsp3) is 0.438. The molecule has 1 aromatic carbocycles. The molecule has 23 heavy (non-hydrogen) atoms. The summed E-state index contributed by atoms with van der Waals surface area (Å²) in [6, 6.07) is 7.74. The Morgan fingerprint density at radius 1 is 1.43 bits per heavy atom. The molecule has 1 aliphatic rings. The first-order chi connectivity index (χ1) is 11.1. The van der Waals surface area contributed by atoms with Crippen LogP contribution in [0.2, 0.25) is 5.02 Å². The summed E-state index contributed by atoms with van der Waals surface area (Å²) in [5.41, 5.74) is 2.17. The van der Waals surface area contributed by atoms with Crippen molar-refractivity contribution in [1.82, 2.24) is 25.6 Å². The molecule has 2 heterocycles. The first-order valence-electron chi connectivity index (χ1n) is 7.80. The topological polar surface area (TPSA) is 71.8 Å². The quantitative estimate of drug-likeness (QED) is 0.898. The van der Waals surface area contributed by atoms with Gasteiger partial charge in [0.25, 0.3) is 5.91 Å². The number of carbonyl (C=O) groups excluding carboxylic acids is 1. The molecule has 0 unspecified atom stereocenters. The first-order valence-corrected chi connectivity index (χ1v) is 8.18. The van der Waals surface area contributed by atoms with Crippen molar-refractivity contribution in [2.24, 2.45) is 0 Å². The molecule has 0 spiro atoms. The highest BCUT2D eigenvalue weighted by atomic mass is 35.5. The standard InChI is InChI=1S/C16H20ClN5O/c1-11-15(20-21-22(11)14-5-7-18-8-6-14)16(23)19-10-12-3-2-4-13(17)9-12/h2-4,9,14,18H,5-8,10H2,1H3,(H,19,23). The molecule has 2 N–H and O–H groups in total. The van der Waals surface area contributed by atoms with E-state index in [9.17, 15) is 4.79 Å². The Morgan fingerprint density at radius 3 is 2.96 bits per heavy atom. The van der Waals surface area contributed by atoms with Crippen LogP contribution < -0.4 is 10.6 Å². The molecule has 1 fully saturated rings. The molecular weight excluding hydrogens is 314 g/mol. The van der Waals surface area contributed by atoms with Crippen LogP contribution in [0.5, 0.6) is 0 Å². The van der Waals surface area contributed by atoms with Gasteiger partial charge < -0.3 is 10.6 Å². The number of carbonyl (C=O) groups is 1. The van der Waals surface area contributed by atoms with Crippen molar-refractivity contribution in [2.75, 3.05) is 13.1 Å². The SMILES string of the molecule is Cc1c(C(=O)NCc2cccc(Cl)c2)nnn1C1CCNCC1. The second kappa shape index (κ2) is 7.10. The van der Waals surface area contributed by atoms with Crippen molar-refractivity contribution in [2.45, 2.75) is 32.4 Å². The minimum atomic E-state index is -0.206. The summed E-state index contributed by atoms with van der Waals surface area (Å²) in [6.07, 6.45) is 2.02. The van der Waals surface area contributed by atoms with Gasteiger partial charge in [0.05, 0.1) is 11.7 Å². The van der Waals surface area contributed by atoms with Gasteiger partial charge in [-0.1, -0.05) is 28.9 Å². The van der Waals surface area contributed by atoms with Crippen LogP contribution in [0.1, 0.15) is 40.6 Å². The van der Waals surface area contributed by atoms with Crippen molar-refractivity contribution < 1.29 is 4.79 Å². The molecule has 1 saturated heterocycles. The highest BCUT2D eigenvalue weighted by Gasteiger charge is 2.22. The summed E-state index contributed by atoms with van der Waals surface area (Å²) in [6.45, 7) is 4.26. The van der Waals surface area contributed by atoms with Crippen LogP contribution in [0, 0.1) is 6.92 Å². The van der Waals surface area contributed by atoms with Gasteiger partial charge in [0.15, 0.2) is 5.69 Å². The van der Waals surface area contributed by atoms with E-state index in [2.05, 4.69) is 20.9 Å². The van der Waals surface area contributed by atoms with E-state index in [0.29, 0.717) is 23.3 Å². The molecular formula is C16H20ClN5O. The molecule has 1 amide bonds. The molecule has 1 aromatic heterocycles. The van der Waals surface area contributed by atoms with E-state index in [0.717, 1.165) is 37.2 Å². The lowest BCUT2D eigenvalue weighted by molar-refractivity contribution is 0.0945. The van der Waals surface area contributed by atoms with Gasteiger partial charge in [-0.15, -0.1) is 5.10 Å². The predicted molar refractivity (Wildman–Crippen MR) is 88.5 cm³/mol. The third kappa shape index (κ3) is 3.71. The van der Waals surface area contributed by atoms with Crippen molar-refractivity contribution in [1.29, 1.82) is 0 Å². The van der Waals surface area contributed by atoms with Crippen molar-refractivity contribution in [3.63, 3.8) is 0 Å². The summed E-state index contributed by atoms with van der Waals surface area (Å²) in [5.74, 6) is -0.206. The number of nitrogens with one attached hydrogen (secondary N) is 2. The normalized spacial score (nSPS) is 15.6. The largest absolute Gasteiger partial charge is 0.347 e. The zero-order chi connectivity index (χ0) is 16.2. The molecule has 122 valence electrons. The lowest BCUT2D eigenvalue weighted by Gasteiger charge is -2.23. The van der Waals surface area contributed by atoms with Gasteiger partial charge in [-0.2, -0.15) is 0 Å². The molecule has 1 aliphatic heterocycles. The van der Waals surface area contributed by atoms with Gasteiger partial charge in [0, 0.05) is 11.6 Å². The lowest BCUT2D eigenvalue weighted by atomic mass is 10.1. The van der Waals surface area contributed by atoms with E-state index in [1.54, 1.807) is 0 Å². The second-order valence-corrected chi connectivity index (χ2v) is 6.20. The number of benzene rings is 1. The number of nitrogens with zero attached hydrogens (tertiary/aromatic N) is 3. The molecule has 0 radical (unpaired) electrons. The molecule has 0 saturated carbocycles. The highest BCUT2D eigenvalue weighted by Crippen LogP contribution is 2.20. The van der Waals surface area contributed by atoms with Crippen LogP contribution in [-0.4, -0.2) is 34.0 Å². The van der Waals surface area contributed by atoms with Crippen molar-refractivity contribution in [3.8, 4) is 0 Å². The second-order valence-electron chi connectivity index (χ2n) is 5.76. The Hall–Kier alpha value is -1.92. The van der Waals surface area contributed by atoms with Crippen molar-refractivity contribution in [3.05, 3.63) is 46.2 Å². The van der Waals surface area contributed by atoms with E-state index in [-0.39, 0.29) is 5.91 Å². The van der Waals surface area contributed by atoms with Gasteiger partial charge in [-0.25, -0.2) is 4.68 Å². The molecule has 0 atom stereocenters. The predicted octanol–water partition coefficient (Wildman–Crippen LogP) is 2.09. The molecule has 7 heteroatoms. The van der Waals surface area contributed by atoms with E-state index >= 15 is 0 Å². The van der Waals surface area contributed by atoms with Crippen LogP contribution in [0.15, 0.2) is 24.3 Å². The van der Waals surface area contributed by atoms with Crippen LogP contribution in [-0.2, 0) is 6.54 Å². The van der Waals surface area contributed by atoms with E-state index in [1.165, 1.54) is 0 Å². The number of hydrogen-bond acceptors (Lipinski definition) is 4. The Kier molecular flexibility index (Phi) is 4.93. The van der Waals surface area contributed by atoms with Gasteiger partial charge in [0.1, 0.15) is 0 Å². The van der Waals surface area contributed by atoms with Crippen LogP contribution >= 0.6 is 11.6 Å². The Labute approximate surface area is 140 Å². The molecule has 3 rings (SSSR count). The summed E-state index contributed by atoms with van der Waals surface area (Å²) < 4.78 is 1.88. The average molecular weight is 334 g/mol. The van der Waals surface area contributed by atoms with Crippen LogP contribution in [0.25, 0.3) is 0 Å². The monoisotopic (exact) mass is 333 g/mol. The Bertz CT molecular complexity index is 694. The number of amides is 1. The summed E-state index contributed by atoms with van der Waals surface area (Å²) in [7, 11) is 0. The van der Waals surface area contributed by atoms with Crippen LogP contribution in [0.4, 0.5) is 0 Å². The zero-order valence-corrected chi connectivity index (χ0v) is 13.8. The van der Waals surface area contributed by atoms with Gasteiger partial charge in [0.2, 0.25) is 0 Å². The van der Waals surface area contributed by atoms with Gasteiger partial charge in [-0.3, -0.25) is 4.79 Å². The van der Waals surface area contributed by atoms with Gasteiger partial charge >= 0.3 is 0 Å². The Balaban J connectivity index is 1.66. The minimum Gasteiger partial charge on any atom is -0.347 e. The Morgan fingerprint density at radius 2 is 2.22 bits per heavy atom. The number of aromatic nitrogens is 3. The maximum atomic E-state index is 12.3. The summed E-state index contributed by atoms with van der Waals surface area (Å²) in [5, 5.41) is 15.1. The number of hydrogen-bond donors (Lipinski definition) is 2. The number of piperidine rings is 1. The highest BCUT2D eigenvalue weighted by molar-refractivity contribution is 6.30. The molecule has 0 aliphatic carbocycles. The maximum absolute atomic E-state index is 12.3. The molecule has 6 nitrogen and oxygen atoms in total.